The largest absolute Gasteiger partial charge is 0.467 e. The Morgan fingerprint density at radius 3 is 2.07 bits per heavy atom. The van der Waals surface area contributed by atoms with Crippen molar-refractivity contribution in [2.75, 3.05) is 13.7 Å². The summed E-state index contributed by atoms with van der Waals surface area (Å²) in [6, 6.07) is -1.19. The van der Waals surface area contributed by atoms with Gasteiger partial charge in [-0.25, -0.2) is 9.59 Å². The van der Waals surface area contributed by atoms with Crippen molar-refractivity contribution in [1.29, 1.82) is 0 Å². The van der Waals surface area contributed by atoms with Gasteiger partial charge in [-0.2, -0.15) is 0 Å². The van der Waals surface area contributed by atoms with Crippen molar-refractivity contribution < 1.29 is 24.5 Å². The molecule has 2 N–H and O–H groups in total. The van der Waals surface area contributed by atoms with Gasteiger partial charge in [0.1, 0.15) is 0 Å². The third-order valence-electron chi connectivity index (χ3n) is 1.89. The highest BCUT2D eigenvalue weighted by Crippen LogP contribution is 2.18. The number of ether oxygens (including phenoxy) is 1. The summed E-state index contributed by atoms with van der Waals surface area (Å²) in [6.45, 7) is 4.29. The second kappa shape index (κ2) is 4.97. The molecule has 0 spiro atoms. The molecule has 0 fully saturated rings. The minimum atomic E-state index is -1.27. The number of aliphatic hydroxyl groups is 1. The highest BCUT2D eigenvalue weighted by Gasteiger charge is 2.37. The van der Waals surface area contributed by atoms with Crippen LogP contribution in [-0.2, 0) is 9.53 Å². The fraction of sp³-hybridized carbons (Fsp3) is 0.778. The lowest BCUT2D eigenvalue weighted by Gasteiger charge is -2.37. The Labute approximate surface area is 88.4 Å². The number of carbonyl (C=O) groups excluding carboxylic acids is 1. The van der Waals surface area contributed by atoms with Gasteiger partial charge in [0.05, 0.1) is 13.7 Å². The minimum Gasteiger partial charge on any atom is -0.467 e. The minimum absolute atomic E-state index is 0.601. The Balaban J connectivity index is 5.04. The van der Waals surface area contributed by atoms with Crippen LogP contribution >= 0.6 is 0 Å². The molecule has 0 aromatic heterocycles. The molecule has 0 bridgehead atoms. The molecular weight excluding hydrogens is 202 g/mol. The van der Waals surface area contributed by atoms with E-state index in [1.54, 1.807) is 20.8 Å². The van der Waals surface area contributed by atoms with Crippen LogP contribution in [0.25, 0.3) is 0 Å². The van der Waals surface area contributed by atoms with E-state index in [4.69, 9.17) is 10.2 Å². The average Bonchev–Trinajstić information content (AvgIpc) is 2.09. The number of carboxylic acid groups (broad SMARTS) is 1. The molecule has 0 aliphatic heterocycles. The highest BCUT2D eigenvalue weighted by molar-refractivity contribution is 5.81. The van der Waals surface area contributed by atoms with Crippen LogP contribution in [-0.4, -0.2) is 52.5 Å². The van der Waals surface area contributed by atoms with Gasteiger partial charge >= 0.3 is 12.1 Å². The monoisotopic (exact) mass is 219 g/mol. The van der Waals surface area contributed by atoms with E-state index >= 15 is 0 Å². The number of esters is 1. The second-order valence-corrected chi connectivity index (χ2v) is 4.04. The van der Waals surface area contributed by atoms with Gasteiger partial charge in [-0.05, 0) is 20.8 Å². The number of carbonyl (C=O) groups is 2. The molecular formula is C9H17NO5. The number of hydrogen-bond donors (Lipinski definition) is 2. The summed E-state index contributed by atoms with van der Waals surface area (Å²) >= 11 is 0. The first-order valence-corrected chi connectivity index (χ1v) is 4.46. The first-order chi connectivity index (χ1) is 6.75. The van der Waals surface area contributed by atoms with Crippen molar-refractivity contribution in [3.8, 4) is 0 Å². The third-order valence-corrected chi connectivity index (χ3v) is 1.89. The molecule has 1 atom stereocenters. The normalized spacial score (nSPS) is 13.1. The summed E-state index contributed by atoms with van der Waals surface area (Å²) < 4.78 is 4.43. The topological polar surface area (TPSA) is 87.1 Å². The lowest BCUT2D eigenvalue weighted by atomic mass is 10.0. The van der Waals surface area contributed by atoms with Gasteiger partial charge < -0.3 is 14.9 Å². The van der Waals surface area contributed by atoms with Gasteiger partial charge in [0.2, 0.25) is 0 Å². The second-order valence-electron chi connectivity index (χ2n) is 4.04. The van der Waals surface area contributed by atoms with Crippen molar-refractivity contribution in [2.24, 2.45) is 0 Å². The molecule has 15 heavy (non-hydrogen) atoms. The fourth-order valence-corrected chi connectivity index (χ4v) is 1.29. The number of rotatable bonds is 3. The van der Waals surface area contributed by atoms with Gasteiger partial charge in [0, 0.05) is 5.54 Å². The molecule has 1 amide bonds. The number of methoxy groups -OCH3 is 1. The maximum Gasteiger partial charge on any atom is 0.408 e. The first kappa shape index (κ1) is 13.7. The van der Waals surface area contributed by atoms with E-state index in [9.17, 15) is 9.59 Å². The Morgan fingerprint density at radius 2 is 1.87 bits per heavy atom. The average molecular weight is 219 g/mol. The Bertz CT molecular complexity index is 245. The predicted molar refractivity (Wildman–Crippen MR) is 52.5 cm³/mol. The van der Waals surface area contributed by atoms with Crippen LogP contribution in [0.1, 0.15) is 20.8 Å². The van der Waals surface area contributed by atoms with Crippen molar-refractivity contribution in [3.63, 3.8) is 0 Å². The van der Waals surface area contributed by atoms with Gasteiger partial charge in [0.25, 0.3) is 0 Å². The molecule has 0 unspecified atom stereocenters. The van der Waals surface area contributed by atoms with Gasteiger partial charge in [0.15, 0.2) is 6.04 Å². The molecule has 6 nitrogen and oxygen atoms in total. The smallest absolute Gasteiger partial charge is 0.408 e. The van der Waals surface area contributed by atoms with Crippen molar-refractivity contribution in [1.82, 2.24) is 4.90 Å². The summed E-state index contributed by atoms with van der Waals surface area (Å²) in [6.07, 6.45) is -1.27. The number of aliphatic hydroxyl groups excluding tert-OH is 1. The summed E-state index contributed by atoms with van der Waals surface area (Å²) in [4.78, 5) is 23.1. The highest BCUT2D eigenvalue weighted by atomic mass is 16.5. The third kappa shape index (κ3) is 3.39. The summed E-state index contributed by atoms with van der Waals surface area (Å²) in [7, 11) is 1.15. The van der Waals surface area contributed by atoms with E-state index in [0.717, 1.165) is 12.0 Å². The molecule has 0 saturated carbocycles. The maximum atomic E-state index is 11.2. The molecule has 88 valence electrons. The SMILES string of the molecule is COC(=O)[C@@H](CO)N(C(=O)O)C(C)(C)C. The summed E-state index contributed by atoms with van der Waals surface area (Å²) in [5.41, 5.74) is -0.784. The standard InChI is InChI=1S/C9H17NO5/c1-9(2,3)10(8(13)14)6(5-11)7(12)15-4/h6,11H,5H2,1-4H3,(H,13,14)/t6-/m1/s1. The van der Waals surface area contributed by atoms with Gasteiger partial charge in [-0.3, -0.25) is 4.90 Å². The molecule has 0 aliphatic rings. The lowest BCUT2D eigenvalue weighted by Crippen LogP contribution is -2.56. The molecule has 0 heterocycles. The molecule has 6 heteroatoms. The van der Waals surface area contributed by atoms with Crippen LogP contribution in [0.15, 0.2) is 0 Å². The Morgan fingerprint density at radius 1 is 1.40 bits per heavy atom. The summed E-state index contributed by atoms with van der Waals surface area (Å²) in [5, 5.41) is 18.0. The zero-order valence-corrected chi connectivity index (χ0v) is 9.35. The zero-order chi connectivity index (χ0) is 12.2. The van der Waals surface area contributed by atoms with E-state index in [1.807, 2.05) is 0 Å². The molecule has 0 rings (SSSR count). The van der Waals surface area contributed by atoms with Crippen LogP contribution in [0.4, 0.5) is 4.79 Å². The van der Waals surface area contributed by atoms with Crippen molar-refractivity contribution >= 4 is 12.1 Å². The van der Waals surface area contributed by atoms with Crippen LogP contribution in [0.3, 0.4) is 0 Å². The number of hydrogen-bond acceptors (Lipinski definition) is 4. The predicted octanol–water partition coefficient (Wildman–Crippen LogP) is 0.299. The van der Waals surface area contributed by atoms with Crippen LogP contribution < -0.4 is 0 Å². The molecule has 0 aromatic carbocycles. The lowest BCUT2D eigenvalue weighted by molar-refractivity contribution is -0.149. The quantitative estimate of drug-likeness (QED) is 0.666. The van der Waals surface area contributed by atoms with E-state index in [2.05, 4.69) is 4.74 Å². The fourth-order valence-electron chi connectivity index (χ4n) is 1.29. The molecule has 0 aliphatic carbocycles. The van der Waals surface area contributed by atoms with Crippen molar-refractivity contribution in [2.45, 2.75) is 32.4 Å². The van der Waals surface area contributed by atoms with Crippen LogP contribution in [0.2, 0.25) is 0 Å². The van der Waals surface area contributed by atoms with E-state index in [-0.39, 0.29) is 0 Å². The van der Waals surface area contributed by atoms with Crippen LogP contribution in [0.5, 0.6) is 0 Å². The molecule has 0 saturated heterocycles. The van der Waals surface area contributed by atoms with E-state index in [0.29, 0.717) is 0 Å². The van der Waals surface area contributed by atoms with E-state index in [1.165, 1.54) is 0 Å². The van der Waals surface area contributed by atoms with E-state index < -0.39 is 30.3 Å². The van der Waals surface area contributed by atoms with Gasteiger partial charge in [-0.15, -0.1) is 0 Å². The molecule has 0 aromatic rings. The summed E-state index contributed by atoms with van der Waals surface area (Å²) in [5.74, 6) is -0.769. The van der Waals surface area contributed by atoms with Crippen LogP contribution in [0, 0.1) is 0 Å². The number of nitrogens with zero attached hydrogens (tertiary/aromatic N) is 1. The molecule has 0 radical (unpaired) electrons. The first-order valence-electron chi connectivity index (χ1n) is 4.46. The van der Waals surface area contributed by atoms with Gasteiger partial charge in [-0.1, -0.05) is 0 Å². The zero-order valence-electron chi connectivity index (χ0n) is 9.35. The maximum absolute atomic E-state index is 11.2. The van der Waals surface area contributed by atoms with Crippen molar-refractivity contribution in [3.05, 3.63) is 0 Å². The number of amides is 1. The Hall–Kier alpha value is -1.30. The Kier molecular flexibility index (Phi) is 4.54.